The molecule has 0 aliphatic heterocycles. The van der Waals surface area contributed by atoms with Crippen LogP contribution in [-0.2, 0) is 0 Å². The summed E-state index contributed by atoms with van der Waals surface area (Å²) >= 11 is 0. The molecule has 1 aromatic heterocycles. The van der Waals surface area contributed by atoms with Gasteiger partial charge in [0.25, 0.3) is 5.91 Å². The number of hydrogen-bond acceptors (Lipinski definition) is 3. The van der Waals surface area contributed by atoms with Gasteiger partial charge in [0.15, 0.2) is 0 Å². The largest absolute Gasteiger partial charge is 0.384 e. The van der Waals surface area contributed by atoms with Crippen LogP contribution in [0, 0.1) is 11.8 Å². The van der Waals surface area contributed by atoms with Crippen LogP contribution in [0.1, 0.15) is 48.0 Å². The second kappa shape index (κ2) is 6.91. The van der Waals surface area contributed by atoms with Crippen LogP contribution in [0.25, 0.3) is 0 Å². The molecule has 0 atom stereocenters. The fraction of sp³-hybridized carbons (Fsp3) is 0.467. The van der Waals surface area contributed by atoms with Gasteiger partial charge in [0.2, 0.25) is 0 Å². The van der Waals surface area contributed by atoms with Crippen molar-refractivity contribution in [1.82, 2.24) is 10.3 Å². The summed E-state index contributed by atoms with van der Waals surface area (Å²) < 4.78 is 0. The SMILES string of the molecule is O=C(NC1CCCCC1)c1ccncc1C#CCO. The molecule has 1 aliphatic carbocycles. The maximum absolute atomic E-state index is 12.2. The first-order valence-electron chi connectivity index (χ1n) is 6.66. The molecule has 2 N–H and O–H groups in total. The van der Waals surface area contributed by atoms with Crippen molar-refractivity contribution in [2.75, 3.05) is 6.61 Å². The predicted octanol–water partition coefficient (Wildman–Crippen LogP) is 1.49. The zero-order chi connectivity index (χ0) is 13.5. The Morgan fingerprint density at radius 1 is 1.42 bits per heavy atom. The molecular formula is C15H18N2O2. The molecular weight excluding hydrogens is 240 g/mol. The van der Waals surface area contributed by atoms with Crippen molar-refractivity contribution in [1.29, 1.82) is 0 Å². The normalized spacial score (nSPS) is 15.4. The van der Waals surface area contributed by atoms with Gasteiger partial charge in [-0.2, -0.15) is 0 Å². The molecule has 4 heteroatoms. The van der Waals surface area contributed by atoms with Gasteiger partial charge in [-0.1, -0.05) is 31.1 Å². The lowest BCUT2D eigenvalue weighted by atomic mass is 9.95. The summed E-state index contributed by atoms with van der Waals surface area (Å²) in [6.45, 7) is -0.224. The zero-order valence-electron chi connectivity index (χ0n) is 10.9. The Balaban J connectivity index is 2.09. The van der Waals surface area contributed by atoms with E-state index in [1.165, 1.54) is 19.3 Å². The summed E-state index contributed by atoms with van der Waals surface area (Å²) in [6.07, 6.45) is 8.85. The summed E-state index contributed by atoms with van der Waals surface area (Å²) in [6, 6.07) is 1.94. The van der Waals surface area contributed by atoms with Crippen LogP contribution in [0.3, 0.4) is 0 Å². The lowest BCUT2D eigenvalue weighted by Crippen LogP contribution is -2.36. The van der Waals surface area contributed by atoms with Crippen molar-refractivity contribution in [3.05, 3.63) is 29.6 Å². The molecule has 1 aliphatic rings. The van der Waals surface area contributed by atoms with E-state index in [0.717, 1.165) is 12.8 Å². The Hall–Kier alpha value is -1.86. The monoisotopic (exact) mass is 258 g/mol. The molecule has 0 aromatic carbocycles. The molecule has 1 amide bonds. The lowest BCUT2D eigenvalue weighted by Gasteiger charge is -2.22. The van der Waals surface area contributed by atoms with Crippen molar-refractivity contribution in [2.45, 2.75) is 38.1 Å². The number of nitrogens with zero attached hydrogens (tertiary/aromatic N) is 1. The second-order valence-electron chi connectivity index (χ2n) is 4.69. The zero-order valence-corrected chi connectivity index (χ0v) is 10.9. The van der Waals surface area contributed by atoms with Gasteiger partial charge in [-0.15, -0.1) is 0 Å². The van der Waals surface area contributed by atoms with Crippen molar-refractivity contribution in [3.63, 3.8) is 0 Å². The van der Waals surface area contributed by atoms with Crippen molar-refractivity contribution < 1.29 is 9.90 Å². The van der Waals surface area contributed by atoms with Crippen LogP contribution in [0.2, 0.25) is 0 Å². The quantitative estimate of drug-likeness (QED) is 0.790. The number of aliphatic hydroxyl groups is 1. The summed E-state index contributed by atoms with van der Waals surface area (Å²) in [4.78, 5) is 16.2. The molecule has 0 spiro atoms. The lowest BCUT2D eigenvalue weighted by molar-refractivity contribution is 0.0927. The summed E-state index contributed by atoms with van der Waals surface area (Å²) in [5, 5.41) is 11.8. The topological polar surface area (TPSA) is 62.2 Å². The van der Waals surface area contributed by atoms with E-state index in [-0.39, 0.29) is 18.6 Å². The number of hydrogen-bond donors (Lipinski definition) is 2. The molecule has 1 fully saturated rings. The highest BCUT2D eigenvalue weighted by molar-refractivity contribution is 5.96. The minimum absolute atomic E-state index is 0.100. The molecule has 19 heavy (non-hydrogen) atoms. The van der Waals surface area contributed by atoms with Crippen LogP contribution < -0.4 is 5.32 Å². The first-order chi connectivity index (χ1) is 9.31. The molecule has 0 radical (unpaired) electrons. The van der Waals surface area contributed by atoms with Crippen molar-refractivity contribution in [3.8, 4) is 11.8 Å². The van der Waals surface area contributed by atoms with E-state index in [9.17, 15) is 4.79 Å². The standard InChI is InChI=1S/C15H18N2O2/c18-10-4-5-12-11-16-9-8-14(12)15(19)17-13-6-2-1-3-7-13/h8-9,11,13,18H,1-3,6-7,10H2,(H,17,19). The Labute approximate surface area is 113 Å². The van der Waals surface area contributed by atoms with E-state index in [0.29, 0.717) is 11.1 Å². The Bertz CT molecular complexity index is 496. The maximum Gasteiger partial charge on any atom is 0.252 e. The Morgan fingerprint density at radius 2 is 2.21 bits per heavy atom. The van der Waals surface area contributed by atoms with Crippen molar-refractivity contribution in [2.24, 2.45) is 0 Å². The van der Waals surface area contributed by atoms with Crippen molar-refractivity contribution >= 4 is 5.91 Å². The Morgan fingerprint density at radius 3 is 2.95 bits per heavy atom. The van der Waals surface area contributed by atoms with E-state index < -0.39 is 0 Å². The first kappa shape index (κ1) is 13.6. The minimum Gasteiger partial charge on any atom is -0.384 e. The maximum atomic E-state index is 12.2. The van der Waals surface area contributed by atoms with Gasteiger partial charge >= 0.3 is 0 Å². The number of aliphatic hydroxyl groups excluding tert-OH is 1. The van der Waals surface area contributed by atoms with E-state index in [2.05, 4.69) is 22.1 Å². The highest BCUT2D eigenvalue weighted by atomic mass is 16.2. The van der Waals surface area contributed by atoms with Crippen LogP contribution in [0.15, 0.2) is 18.5 Å². The summed E-state index contributed by atoms with van der Waals surface area (Å²) in [5.41, 5.74) is 1.09. The van der Waals surface area contributed by atoms with Gasteiger partial charge in [0, 0.05) is 18.4 Å². The van der Waals surface area contributed by atoms with Gasteiger partial charge in [0.05, 0.1) is 11.1 Å². The average molecular weight is 258 g/mol. The van der Waals surface area contributed by atoms with Gasteiger partial charge in [-0.25, -0.2) is 0 Å². The van der Waals surface area contributed by atoms with Crippen LogP contribution in [0.4, 0.5) is 0 Å². The number of nitrogens with one attached hydrogen (secondary N) is 1. The summed E-state index contributed by atoms with van der Waals surface area (Å²) in [5.74, 6) is 5.21. The molecule has 0 unspecified atom stereocenters. The van der Waals surface area contributed by atoms with Gasteiger partial charge < -0.3 is 10.4 Å². The third-order valence-electron chi connectivity index (χ3n) is 3.31. The number of pyridine rings is 1. The number of carbonyl (C=O) groups excluding carboxylic acids is 1. The molecule has 100 valence electrons. The average Bonchev–Trinajstić information content (AvgIpc) is 2.46. The number of carbonyl (C=O) groups is 1. The summed E-state index contributed by atoms with van der Waals surface area (Å²) in [7, 11) is 0. The number of amides is 1. The smallest absolute Gasteiger partial charge is 0.252 e. The van der Waals surface area contributed by atoms with Gasteiger partial charge in [-0.3, -0.25) is 9.78 Å². The molecule has 1 aromatic rings. The van der Waals surface area contributed by atoms with Gasteiger partial charge in [0.1, 0.15) is 6.61 Å². The van der Waals surface area contributed by atoms with E-state index in [4.69, 9.17) is 5.11 Å². The fourth-order valence-electron chi connectivity index (χ4n) is 2.34. The molecule has 0 saturated heterocycles. The highest BCUT2D eigenvalue weighted by Gasteiger charge is 2.18. The van der Waals surface area contributed by atoms with E-state index in [1.807, 2.05) is 0 Å². The molecule has 0 bridgehead atoms. The highest BCUT2D eigenvalue weighted by Crippen LogP contribution is 2.18. The van der Waals surface area contributed by atoms with Crippen LogP contribution in [0.5, 0.6) is 0 Å². The fourth-order valence-corrected chi connectivity index (χ4v) is 2.34. The van der Waals surface area contributed by atoms with Crippen LogP contribution in [-0.4, -0.2) is 28.6 Å². The molecule has 1 saturated carbocycles. The third-order valence-corrected chi connectivity index (χ3v) is 3.31. The second-order valence-corrected chi connectivity index (χ2v) is 4.69. The van der Waals surface area contributed by atoms with Gasteiger partial charge in [-0.05, 0) is 18.9 Å². The first-order valence-corrected chi connectivity index (χ1v) is 6.66. The Kier molecular flexibility index (Phi) is 4.93. The van der Waals surface area contributed by atoms with Crippen LogP contribution >= 0.6 is 0 Å². The number of aromatic nitrogens is 1. The van der Waals surface area contributed by atoms with E-state index >= 15 is 0 Å². The third kappa shape index (κ3) is 3.80. The van der Waals surface area contributed by atoms with E-state index in [1.54, 1.807) is 18.5 Å². The number of rotatable bonds is 2. The molecule has 4 nitrogen and oxygen atoms in total. The predicted molar refractivity (Wildman–Crippen MR) is 72.5 cm³/mol. The molecule has 1 heterocycles. The minimum atomic E-state index is -0.224. The molecule has 2 rings (SSSR count).